The second-order valence-electron chi connectivity index (χ2n) is 6.70. The van der Waals surface area contributed by atoms with E-state index in [0.717, 1.165) is 16.9 Å². The molecule has 1 fully saturated rings. The van der Waals surface area contributed by atoms with E-state index in [-0.39, 0.29) is 5.91 Å². The lowest BCUT2D eigenvalue weighted by Crippen LogP contribution is -2.48. The molecule has 138 valence electrons. The van der Waals surface area contributed by atoms with E-state index in [9.17, 15) is 4.79 Å². The second kappa shape index (κ2) is 8.83. The molecular weight excluding hydrogens is 328 g/mol. The molecule has 1 saturated heterocycles. The van der Waals surface area contributed by atoms with E-state index in [1.54, 1.807) is 0 Å². The van der Waals surface area contributed by atoms with Crippen LogP contribution in [0.5, 0.6) is 5.75 Å². The number of para-hydroxylation sites is 1. The zero-order valence-corrected chi connectivity index (χ0v) is 14.9. The summed E-state index contributed by atoms with van der Waals surface area (Å²) in [5.74, 6) is 0.882. The van der Waals surface area contributed by atoms with Gasteiger partial charge < -0.3 is 20.5 Å². The Morgan fingerprint density at radius 2 is 1.69 bits per heavy atom. The van der Waals surface area contributed by atoms with Gasteiger partial charge in [0.2, 0.25) is 5.91 Å². The summed E-state index contributed by atoms with van der Waals surface area (Å²) in [6, 6.07) is 17.8. The summed E-state index contributed by atoms with van der Waals surface area (Å²) in [6.07, 6.45) is 1.37. The maximum Gasteiger partial charge on any atom is 0.227 e. The molecule has 3 N–H and O–H groups in total. The first-order valence-corrected chi connectivity index (χ1v) is 9.04. The molecule has 0 bridgehead atoms. The molecule has 0 saturated carbocycles. The number of nitrogens with one attached hydrogen (secondary N) is 1. The Morgan fingerprint density at radius 1 is 1.04 bits per heavy atom. The molecule has 5 nitrogen and oxygen atoms in total. The molecule has 1 aliphatic heterocycles. The molecule has 3 rings (SSSR count). The summed E-state index contributed by atoms with van der Waals surface area (Å²) in [5.41, 5.74) is 7.54. The third-order valence-electron chi connectivity index (χ3n) is 4.95. The third kappa shape index (κ3) is 4.62. The highest BCUT2D eigenvalue weighted by Crippen LogP contribution is 2.29. The number of nitrogens with two attached hydrogens (primary N) is 1. The molecule has 1 heterocycles. The fourth-order valence-corrected chi connectivity index (χ4v) is 3.09. The highest BCUT2D eigenvalue weighted by atomic mass is 16.5. The van der Waals surface area contributed by atoms with Crippen molar-refractivity contribution in [2.75, 3.05) is 19.8 Å². The zero-order valence-electron chi connectivity index (χ0n) is 14.9. The smallest absolute Gasteiger partial charge is 0.227 e. The van der Waals surface area contributed by atoms with Gasteiger partial charge in [-0.05, 0) is 36.1 Å². The number of benzene rings is 2. The van der Waals surface area contributed by atoms with Crippen LogP contribution < -0.4 is 15.8 Å². The van der Waals surface area contributed by atoms with E-state index in [1.165, 1.54) is 0 Å². The van der Waals surface area contributed by atoms with Gasteiger partial charge in [0.25, 0.3) is 0 Å². The van der Waals surface area contributed by atoms with Crippen molar-refractivity contribution in [2.45, 2.75) is 26.0 Å². The lowest BCUT2D eigenvalue weighted by Gasteiger charge is -2.34. The maximum absolute atomic E-state index is 12.6. The number of rotatable bonds is 7. The molecule has 0 atom stereocenters. The van der Waals surface area contributed by atoms with E-state index in [4.69, 9.17) is 15.2 Å². The molecule has 0 radical (unpaired) electrons. The molecule has 0 unspecified atom stereocenters. The normalized spacial score (nSPS) is 16.0. The van der Waals surface area contributed by atoms with E-state index in [2.05, 4.69) is 5.32 Å². The number of ether oxygens (including phenoxy) is 2. The SMILES string of the molecule is NCC1(C(=O)NCc2ccc(COc3ccccc3)cc2)CCOCC1. The van der Waals surface area contributed by atoms with Gasteiger partial charge in [-0.1, -0.05) is 42.5 Å². The number of amides is 1. The number of hydrogen-bond acceptors (Lipinski definition) is 4. The summed E-state index contributed by atoms with van der Waals surface area (Å²) in [7, 11) is 0. The average molecular weight is 354 g/mol. The van der Waals surface area contributed by atoms with Crippen molar-refractivity contribution >= 4 is 5.91 Å². The van der Waals surface area contributed by atoms with Crippen molar-refractivity contribution < 1.29 is 14.3 Å². The third-order valence-corrected chi connectivity index (χ3v) is 4.95. The minimum atomic E-state index is -0.484. The average Bonchev–Trinajstić information content (AvgIpc) is 2.72. The molecule has 0 spiro atoms. The summed E-state index contributed by atoms with van der Waals surface area (Å²) in [5, 5.41) is 3.03. The molecule has 1 amide bonds. The summed E-state index contributed by atoms with van der Waals surface area (Å²) in [6.45, 7) is 2.58. The van der Waals surface area contributed by atoms with Crippen molar-refractivity contribution in [1.29, 1.82) is 0 Å². The summed E-state index contributed by atoms with van der Waals surface area (Å²) < 4.78 is 11.1. The second-order valence-corrected chi connectivity index (χ2v) is 6.70. The largest absolute Gasteiger partial charge is 0.489 e. The van der Waals surface area contributed by atoms with Gasteiger partial charge in [-0.2, -0.15) is 0 Å². The first-order valence-electron chi connectivity index (χ1n) is 9.04. The Balaban J connectivity index is 1.50. The van der Waals surface area contributed by atoms with Gasteiger partial charge in [-0.15, -0.1) is 0 Å². The van der Waals surface area contributed by atoms with Crippen LogP contribution in [0.4, 0.5) is 0 Å². The van der Waals surface area contributed by atoms with Crippen LogP contribution in [0.1, 0.15) is 24.0 Å². The summed E-state index contributed by atoms with van der Waals surface area (Å²) >= 11 is 0. The van der Waals surface area contributed by atoms with Crippen LogP contribution in [-0.2, 0) is 22.7 Å². The van der Waals surface area contributed by atoms with Gasteiger partial charge in [0, 0.05) is 26.3 Å². The standard InChI is InChI=1S/C21H26N2O3/c22-16-21(10-12-25-13-11-21)20(24)23-14-17-6-8-18(9-7-17)15-26-19-4-2-1-3-5-19/h1-9H,10-16,22H2,(H,23,24). The highest BCUT2D eigenvalue weighted by Gasteiger charge is 2.38. The Hall–Kier alpha value is -2.37. The minimum Gasteiger partial charge on any atom is -0.489 e. The van der Waals surface area contributed by atoms with E-state index in [1.807, 2.05) is 54.6 Å². The lowest BCUT2D eigenvalue weighted by molar-refractivity contribution is -0.136. The Kier molecular flexibility index (Phi) is 6.26. The highest BCUT2D eigenvalue weighted by molar-refractivity contribution is 5.83. The Bertz CT molecular complexity index is 695. The molecule has 2 aromatic carbocycles. The van der Waals surface area contributed by atoms with Gasteiger partial charge in [0.15, 0.2) is 0 Å². The van der Waals surface area contributed by atoms with Crippen LogP contribution >= 0.6 is 0 Å². The van der Waals surface area contributed by atoms with Crippen molar-refractivity contribution in [3.8, 4) is 5.75 Å². The maximum atomic E-state index is 12.6. The molecule has 1 aliphatic rings. The monoisotopic (exact) mass is 354 g/mol. The molecule has 2 aromatic rings. The summed E-state index contributed by atoms with van der Waals surface area (Å²) in [4.78, 5) is 12.6. The van der Waals surface area contributed by atoms with Gasteiger partial charge >= 0.3 is 0 Å². The van der Waals surface area contributed by atoms with Gasteiger partial charge in [-0.3, -0.25) is 4.79 Å². The fourth-order valence-electron chi connectivity index (χ4n) is 3.09. The minimum absolute atomic E-state index is 0.0276. The quantitative estimate of drug-likeness (QED) is 0.802. The number of carbonyl (C=O) groups is 1. The topological polar surface area (TPSA) is 73.6 Å². The fraction of sp³-hybridized carbons (Fsp3) is 0.381. The first-order chi connectivity index (χ1) is 12.7. The predicted octanol–water partition coefficient (Wildman–Crippen LogP) is 2.64. The first kappa shape index (κ1) is 18.4. The van der Waals surface area contributed by atoms with Gasteiger partial charge in [0.1, 0.15) is 12.4 Å². The Morgan fingerprint density at radius 3 is 2.35 bits per heavy atom. The van der Waals surface area contributed by atoms with E-state index >= 15 is 0 Å². The van der Waals surface area contributed by atoms with Crippen LogP contribution in [0, 0.1) is 5.41 Å². The molecule has 26 heavy (non-hydrogen) atoms. The lowest BCUT2D eigenvalue weighted by atomic mass is 9.79. The van der Waals surface area contributed by atoms with Crippen molar-refractivity contribution in [1.82, 2.24) is 5.32 Å². The predicted molar refractivity (Wildman–Crippen MR) is 101 cm³/mol. The van der Waals surface area contributed by atoms with Crippen LogP contribution in [0.15, 0.2) is 54.6 Å². The molecule has 5 heteroatoms. The Labute approximate surface area is 154 Å². The number of hydrogen-bond donors (Lipinski definition) is 2. The van der Waals surface area contributed by atoms with E-state index < -0.39 is 5.41 Å². The van der Waals surface area contributed by atoms with Crippen LogP contribution in [0.3, 0.4) is 0 Å². The van der Waals surface area contributed by atoms with E-state index in [0.29, 0.717) is 45.8 Å². The van der Waals surface area contributed by atoms with Crippen LogP contribution in [-0.4, -0.2) is 25.7 Å². The molecule has 0 aromatic heterocycles. The van der Waals surface area contributed by atoms with Crippen LogP contribution in [0.2, 0.25) is 0 Å². The van der Waals surface area contributed by atoms with Crippen molar-refractivity contribution in [3.05, 3.63) is 65.7 Å². The van der Waals surface area contributed by atoms with Gasteiger partial charge in [0.05, 0.1) is 5.41 Å². The van der Waals surface area contributed by atoms with Crippen molar-refractivity contribution in [2.24, 2.45) is 11.1 Å². The van der Waals surface area contributed by atoms with Crippen LogP contribution in [0.25, 0.3) is 0 Å². The number of carbonyl (C=O) groups excluding carboxylic acids is 1. The molecular formula is C21H26N2O3. The van der Waals surface area contributed by atoms with Gasteiger partial charge in [-0.25, -0.2) is 0 Å². The van der Waals surface area contributed by atoms with Crippen molar-refractivity contribution in [3.63, 3.8) is 0 Å². The molecule has 0 aliphatic carbocycles. The zero-order chi connectivity index (χ0) is 18.2.